The molecule has 2 unspecified atom stereocenters. The summed E-state index contributed by atoms with van der Waals surface area (Å²) >= 11 is 0. The average Bonchev–Trinajstić information content (AvgIpc) is 3.31. The zero-order valence-electron chi connectivity index (χ0n) is 16.1. The normalized spacial score (nSPS) is 21.4. The number of nitrogens with zero attached hydrogens (tertiary/aromatic N) is 6. The number of likely N-dealkylation sites (tertiary alicyclic amines) is 1. The fraction of sp³-hybridized carbons (Fsp3) is 0.667. The van der Waals surface area contributed by atoms with Crippen LogP contribution in [0.4, 0.5) is 0 Å². The van der Waals surface area contributed by atoms with Gasteiger partial charge in [0.2, 0.25) is 5.89 Å². The molecule has 3 heterocycles. The summed E-state index contributed by atoms with van der Waals surface area (Å²) in [5, 5.41) is 7.44. The molecule has 2 atom stereocenters. The van der Waals surface area contributed by atoms with Crippen molar-refractivity contribution in [2.45, 2.75) is 45.6 Å². The number of guanidine groups is 1. The average molecular weight is 359 g/mol. The molecule has 0 saturated carbocycles. The van der Waals surface area contributed by atoms with Gasteiger partial charge in [-0.25, -0.2) is 4.98 Å². The molecule has 2 aromatic rings. The van der Waals surface area contributed by atoms with Crippen molar-refractivity contribution in [2.75, 3.05) is 26.7 Å². The van der Waals surface area contributed by atoms with Gasteiger partial charge in [0.05, 0.1) is 12.4 Å². The van der Waals surface area contributed by atoms with Crippen molar-refractivity contribution >= 4 is 5.96 Å². The van der Waals surface area contributed by atoms with Gasteiger partial charge >= 0.3 is 0 Å². The molecule has 8 nitrogen and oxygen atoms in total. The van der Waals surface area contributed by atoms with E-state index in [2.05, 4.69) is 55.7 Å². The molecular formula is C18H29N7O. The lowest BCUT2D eigenvalue weighted by molar-refractivity contribution is 0.189. The van der Waals surface area contributed by atoms with Crippen LogP contribution in [0.2, 0.25) is 0 Å². The summed E-state index contributed by atoms with van der Waals surface area (Å²) < 4.78 is 7.51. The Hall–Kier alpha value is -2.38. The van der Waals surface area contributed by atoms with Crippen molar-refractivity contribution in [3.8, 4) is 0 Å². The maximum absolute atomic E-state index is 5.30. The van der Waals surface area contributed by atoms with Crippen LogP contribution in [0.25, 0.3) is 0 Å². The van der Waals surface area contributed by atoms with Crippen molar-refractivity contribution in [3.63, 3.8) is 0 Å². The summed E-state index contributed by atoms with van der Waals surface area (Å²) in [6.07, 6.45) is 7.61. The van der Waals surface area contributed by atoms with Crippen LogP contribution in [0.1, 0.15) is 50.9 Å². The third-order valence-corrected chi connectivity index (χ3v) is 4.96. The number of piperidine rings is 1. The highest BCUT2D eigenvalue weighted by molar-refractivity contribution is 5.80. The summed E-state index contributed by atoms with van der Waals surface area (Å²) in [5.74, 6) is 3.25. The van der Waals surface area contributed by atoms with Crippen LogP contribution in [0, 0.1) is 5.92 Å². The lowest BCUT2D eigenvalue weighted by atomic mass is 9.93. The third kappa shape index (κ3) is 4.23. The lowest BCUT2D eigenvalue weighted by Gasteiger charge is -2.39. The van der Waals surface area contributed by atoms with E-state index >= 15 is 0 Å². The van der Waals surface area contributed by atoms with E-state index in [1.54, 1.807) is 0 Å². The van der Waals surface area contributed by atoms with Crippen LogP contribution < -0.4 is 5.32 Å². The van der Waals surface area contributed by atoms with E-state index in [9.17, 15) is 0 Å². The Morgan fingerprint density at radius 2 is 2.31 bits per heavy atom. The molecule has 1 fully saturated rings. The van der Waals surface area contributed by atoms with Crippen LogP contribution in [-0.4, -0.2) is 57.2 Å². The number of aliphatic imine (C=N–C) groups is 1. The largest absolute Gasteiger partial charge is 0.356 e. The smallest absolute Gasteiger partial charge is 0.228 e. The Morgan fingerprint density at radius 1 is 1.46 bits per heavy atom. The van der Waals surface area contributed by atoms with Gasteiger partial charge in [-0.15, -0.1) is 0 Å². The topological polar surface area (TPSA) is 84.4 Å². The molecule has 142 valence electrons. The van der Waals surface area contributed by atoms with Crippen LogP contribution in [0.3, 0.4) is 0 Å². The molecule has 1 N–H and O–H groups in total. The molecule has 0 amide bonds. The molecule has 1 saturated heterocycles. The van der Waals surface area contributed by atoms with Crippen molar-refractivity contribution in [1.29, 1.82) is 0 Å². The summed E-state index contributed by atoms with van der Waals surface area (Å²) in [6.45, 7) is 9.07. The van der Waals surface area contributed by atoms with Gasteiger partial charge in [-0.05, 0) is 12.3 Å². The van der Waals surface area contributed by atoms with Gasteiger partial charge in [-0.1, -0.05) is 25.9 Å². The predicted molar refractivity (Wildman–Crippen MR) is 100 cm³/mol. The molecule has 0 aliphatic carbocycles. The molecular weight excluding hydrogens is 330 g/mol. The monoisotopic (exact) mass is 359 g/mol. The summed E-state index contributed by atoms with van der Waals surface area (Å²) in [6, 6.07) is 0.411. The van der Waals surface area contributed by atoms with Gasteiger partial charge < -0.3 is 19.3 Å². The van der Waals surface area contributed by atoms with E-state index in [0.29, 0.717) is 30.8 Å². The van der Waals surface area contributed by atoms with E-state index in [1.165, 1.54) is 0 Å². The minimum atomic E-state index is 0.281. The fourth-order valence-electron chi connectivity index (χ4n) is 3.31. The lowest BCUT2D eigenvalue weighted by Crippen LogP contribution is -2.49. The van der Waals surface area contributed by atoms with Crippen molar-refractivity contribution < 1.29 is 4.52 Å². The minimum Gasteiger partial charge on any atom is -0.356 e. The second kappa shape index (κ2) is 8.33. The quantitative estimate of drug-likeness (QED) is 0.650. The molecule has 1 aliphatic rings. The minimum absolute atomic E-state index is 0.281. The Bertz CT molecular complexity index is 707. The first-order valence-corrected chi connectivity index (χ1v) is 9.34. The van der Waals surface area contributed by atoms with E-state index in [0.717, 1.165) is 31.3 Å². The van der Waals surface area contributed by atoms with Crippen LogP contribution in [0.5, 0.6) is 0 Å². The fourth-order valence-corrected chi connectivity index (χ4v) is 3.31. The Labute approximate surface area is 154 Å². The number of aromatic nitrogens is 4. The summed E-state index contributed by atoms with van der Waals surface area (Å²) in [7, 11) is 1.83. The molecule has 1 aliphatic heterocycles. The molecule has 0 radical (unpaired) electrons. The van der Waals surface area contributed by atoms with E-state index in [-0.39, 0.29) is 5.92 Å². The van der Waals surface area contributed by atoms with Crippen molar-refractivity contribution in [1.82, 2.24) is 29.9 Å². The highest BCUT2D eigenvalue weighted by Gasteiger charge is 2.28. The first-order valence-electron chi connectivity index (χ1n) is 9.34. The van der Waals surface area contributed by atoms with Crippen LogP contribution >= 0.6 is 0 Å². The summed E-state index contributed by atoms with van der Waals surface area (Å²) in [5.41, 5.74) is 0. The molecule has 0 bridgehead atoms. The second-order valence-electron chi connectivity index (χ2n) is 7.21. The standard InChI is InChI=1S/C18H29N7O/c1-13(2)17-22-16(26-23-17)5-7-21-18(19-4)24-9-6-14(3)15(11-24)25-10-8-20-12-25/h8,10,12-15H,5-7,9,11H2,1-4H3,(H,19,21). The first-order chi connectivity index (χ1) is 12.6. The maximum Gasteiger partial charge on any atom is 0.228 e. The van der Waals surface area contributed by atoms with Gasteiger partial charge in [0.1, 0.15) is 0 Å². The number of imidazole rings is 1. The molecule has 0 aromatic carbocycles. The number of hydrogen-bond donors (Lipinski definition) is 1. The molecule has 2 aromatic heterocycles. The SMILES string of the molecule is CN=C(NCCc1nc(C(C)C)no1)N1CCC(C)C(n2ccnc2)C1. The Balaban J connectivity index is 1.55. The maximum atomic E-state index is 5.30. The Morgan fingerprint density at radius 3 is 2.96 bits per heavy atom. The van der Waals surface area contributed by atoms with E-state index in [1.807, 2.05) is 25.8 Å². The van der Waals surface area contributed by atoms with Gasteiger partial charge in [0.25, 0.3) is 0 Å². The molecule has 26 heavy (non-hydrogen) atoms. The second-order valence-corrected chi connectivity index (χ2v) is 7.21. The third-order valence-electron chi connectivity index (χ3n) is 4.96. The molecule has 0 spiro atoms. The van der Waals surface area contributed by atoms with Crippen LogP contribution in [-0.2, 0) is 6.42 Å². The Kier molecular flexibility index (Phi) is 5.90. The van der Waals surface area contributed by atoms with Gasteiger partial charge in [-0.2, -0.15) is 4.98 Å². The summed E-state index contributed by atoms with van der Waals surface area (Å²) in [4.78, 5) is 15.4. The zero-order valence-corrected chi connectivity index (χ0v) is 16.1. The van der Waals surface area contributed by atoms with Gasteiger partial charge in [0.15, 0.2) is 11.8 Å². The number of hydrogen-bond acceptors (Lipinski definition) is 5. The number of nitrogens with one attached hydrogen (secondary N) is 1. The van der Waals surface area contributed by atoms with Crippen molar-refractivity contribution in [3.05, 3.63) is 30.4 Å². The highest BCUT2D eigenvalue weighted by Crippen LogP contribution is 2.27. The van der Waals surface area contributed by atoms with Gasteiger partial charge in [0, 0.05) is 51.4 Å². The predicted octanol–water partition coefficient (Wildman–Crippen LogP) is 2.09. The highest BCUT2D eigenvalue weighted by atomic mass is 16.5. The molecule has 8 heteroatoms. The van der Waals surface area contributed by atoms with Crippen LogP contribution in [0.15, 0.2) is 28.2 Å². The van der Waals surface area contributed by atoms with E-state index < -0.39 is 0 Å². The zero-order chi connectivity index (χ0) is 18.5. The molecule has 3 rings (SSSR count). The van der Waals surface area contributed by atoms with Gasteiger partial charge in [-0.3, -0.25) is 4.99 Å². The van der Waals surface area contributed by atoms with E-state index in [4.69, 9.17) is 4.52 Å². The van der Waals surface area contributed by atoms with Crippen molar-refractivity contribution in [2.24, 2.45) is 10.9 Å². The first kappa shape index (κ1) is 18.4. The number of rotatable bonds is 5.